The standard InChI is InChI=1S/C26H27N3O2/c1-19(20-8-4-2-5-9-20)28-25(30)22-13-16-29(17-14-22)26(31)23-12-15-27-24(18-23)21-10-6-3-7-11-21/h2-12,15,18-19,22H,13-14,16-17H2,1H3,(H,28,30)/t19-/m1/s1. The molecule has 1 atom stereocenters. The molecule has 1 fully saturated rings. The summed E-state index contributed by atoms with van der Waals surface area (Å²) in [5.74, 6) is 0.00218. The van der Waals surface area contributed by atoms with E-state index in [0.717, 1.165) is 16.8 Å². The Labute approximate surface area is 183 Å². The Morgan fingerprint density at radius 1 is 0.968 bits per heavy atom. The number of carbonyl (C=O) groups excluding carboxylic acids is 2. The van der Waals surface area contributed by atoms with Gasteiger partial charge in [-0.25, -0.2) is 0 Å². The number of rotatable bonds is 5. The molecule has 0 saturated carbocycles. The minimum atomic E-state index is -0.0625. The number of nitrogens with zero attached hydrogens (tertiary/aromatic N) is 2. The second kappa shape index (κ2) is 9.56. The SMILES string of the molecule is C[C@@H](NC(=O)C1CCN(C(=O)c2ccnc(-c3ccccc3)c2)CC1)c1ccccc1. The van der Waals surface area contributed by atoms with Gasteiger partial charge in [-0.2, -0.15) is 0 Å². The van der Waals surface area contributed by atoms with E-state index in [9.17, 15) is 9.59 Å². The van der Waals surface area contributed by atoms with E-state index in [2.05, 4.69) is 10.3 Å². The molecule has 1 N–H and O–H groups in total. The summed E-state index contributed by atoms with van der Waals surface area (Å²) in [5.41, 5.74) is 3.50. The van der Waals surface area contributed by atoms with Gasteiger partial charge in [-0.05, 0) is 37.5 Å². The Morgan fingerprint density at radius 2 is 1.61 bits per heavy atom. The summed E-state index contributed by atoms with van der Waals surface area (Å²) in [7, 11) is 0. The van der Waals surface area contributed by atoms with Crippen molar-refractivity contribution in [1.82, 2.24) is 15.2 Å². The fraction of sp³-hybridized carbons (Fsp3) is 0.269. The predicted octanol–water partition coefficient (Wildman–Crippen LogP) is 4.48. The number of likely N-dealkylation sites (tertiary alicyclic amines) is 1. The zero-order valence-electron chi connectivity index (χ0n) is 17.7. The van der Waals surface area contributed by atoms with Crippen molar-refractivity contribution in [2.24, 2.45) is 5.92 Å². The Bertz CT molecular complexity index is 1030. The first-order valence-corrected chi connectivity index (χ1v) is 10.8. The fourth-order valence-corrected chi connectivity index (χ4v) is 4.01. The summed E-state index contributed by atoms with van der Waals surface area (Å²) in [6.07, 6.45) is 3.03. The van der Waals surface area contributed by atoms with Crippen molar-refractivity contribution in [3.63, 3.8) is 0 Å². The Balaban J connectivity index is 1.34. The maximum absolute atomic E-state index is 13.0. The molecule has 158 valence electrons. The Hall–Kier alpha value is -3.47. The van der Waals surface area contributed by atoms with Crippen LogP contribution in [0.5, 0.6) is 0 Å². The van der Waals surface area contributed by atoms with E-state index in [1.165, 1.54) is 0 Å². The quantitative estimate of drug-likeness (QED) is 0.671. The van der Waals surface area contributed by atoms with E-state index < -0.39 is 0 Å². The van der Waals surface area contributed by atoms with Gasteiger partial charge >= 0.3 is 0 Å². The summed E-state index contributed by atoms with van der Waals surface area (Å²) in [6.45, 7) is 3.17. The fourth-order valence-electron chi connectivity index (χ4n) is 4.01. The molecular weight excluding hydrogens is 386 g/mol. The van der Waals surface area contributed by atoms with Gasteiger partial charge in [-0.1, -0.05) is 60.7 Å². The molecule has 1 saturated heterocycles. The van der Waals surface area contributed by atoms with Crippen LogP contribution in [0, 0.1) is 5.92 Å². The molecule has 2 amide bonds. The van der Waals surface area contributed by atoms with Gasteiger partial charge in [0, 0.05) is 36.3 Å². The number of piperidine rings is 1. The molecule has 0 unspecified atom stereocenters. The molecule has 2 heterocycles. The number of pyridine rings is 1. The number of hydrogen-bond acceptors (Lipinski definition) is 3. The van der Waals surface area contributed by atoms with E-state index in [-0.39, 0.29) is 23.8 Å². The topological polar surface area (TPSA) is 62.3 Å². The lowest BCUT2D eigenvalue weighted by molar-refractivity contribution is -0.126. The first-order chi connectivity index (χ1) is 15.1. The number of amides is 2. The molecule has 1 aliphatic heterocycles. The number of hydrogen-bond donors (Lipinski definition) is 1. The first-order valence-electron chi connectivity index (χ1n) is 10.8. The molecular formula is C26H27N3O2. The van der Waals surface area contributed by atoms with Crippen molar-refractivity contribution in [2.75, 3.05) is 13.1 Å². The average molecular weight is 414 g/mol. The molecule has 31 heavy (non-hydrogen) atoms. The Kier molecular flexibility index (Phi) is 6.41. The van der Waals surface area contributed by atoms with Crippen molar-refractivity contribution in [3.05, 3.63) is 90.1 Å². The van der Waals surface area contributed by atoms with E-state index in [4.69, 9.17) is 0 Å². The van der Waals surface area contributed by atoms with Crippen LogP contribution in [-0.2, 0) is 4.79 Å². The van der Waals surface area contributed by atoms with Gasteiger partial charge in [0.05, 0.1) is 11.7 Å². The lowest BCUT2D eigenvalue weighted by atomic mass is 9.94. The highest BCUT2D eigenvalue weighted by atomic mass is 16.2. The molecule has 5 heteroatoms. The van der Waals surface area contributed by atoms with Crippen molar-refractivity contribution in [2.45, 2.75) is 25.8 Å². The average Bonchev–Trinajstić information content (AvgIpc) is 2.85. The molecule has 0 bridgehead atoms. The third-order valence-electron chi connectivity index (χ3n) is 5.89. The summed E-state index contributed by atoms with van der Waals surface area (Å²) >= 11 is 0. The van der Waals surface area contributed by atoms with Crippen LogP contribution in [-0.4, -0.2) is 34.8 Å². The van der Waals surface area contributed by atoms with Gasteiger partial charge in [0.2, 0.25) is 5.91 Å². The van der Waals surface area contributed by atoms with Crippen LogP contribution in [0.15, 0.2) is 79.0 Å². The van der Waals surface area contributed by atoms with Crippen molar-refractivity contribution < 1.29 is 9.59 Å². The number of carbonyl (C=O) groups is 2. The summed E-state index contributed by atoms with van der Waals surface area (Å²) in [6, 6.07) is 23.4. The number of aromatic nitrogens is 1. The van der Waals surface area contributed by atoms with Crippen LogP contribution < -0.4 is 5.32 Å². The number of benzene rings is 2. The maximum atomic E-state index is 13.0. The van der Waals surface area contributed by atoms with Gasteiger partial charge in [0.25, 0.3) is 5.91 Å². The summed E-state index contributed by atoms with van der Waals surface area (Å²) < 4.78 is 0. The molecule has 3 aromatic rings. The zero-order valence-corrected chi connectivity index (χ0v) is 17.7. The molecule has 4 rings (SSSR count). The van der Waals surface area contributed by atoms with Gasteiger partial charge in [0.15, 0.2) is 0 Å². The van der Waals surface area contributed by atoms with E-state index in [0.29, 0.717) is 31.5 Å². The van der Waals surface area contributed by atoms with Gasteiger partial charge < -0.3 is 10.2 Å². The predicted molar refractivity (Wildman–Crippen MR) is 121 cm³/mol. The molecule has 0 spiro atoms. The number of nitrogens with one attached hydrogen (secondary N) is 1. The minimum absolute atomic E-state index is 0.00362. The summed E-state index contributed by atoms with van der Waals surface area (Å²) in [4.78, 5) is 32.0. The highest BCUT2D eigenvalue weighted by Crippen LogP contribution is 2.23. The van der Waals surface area contributed by atoms with Crippen molar-refractivity contribution in [1.29, 1.82) is 0 Å². The van der Waals surface area contributed by atoms with Gasteiger partial charge in [-0.15, -0.1) is 0 Å². The molecule has 0 radical (unpaired) electrons. The van der Waals surface area contributed by atoms with Crippen LogP contribution in [0.4, 0.5) is 0 Å². The van der Waals surface area contributed by atoms with Crippen molar-refractivity contribution in [3.8, 4) is 11.3 Å². The molecule has 1 aromatic heterocycles. The molecule has 0 aliphatic carbocycles. The van der Waals surface area contributed by atoms with Gasteiger partial charge in [0.1, 0.15) is 0 Å². The van der Waals surface area contributed by atoms with E-state index in [1.807, 2.05) is 78.6 Å². The largest absolute Gasteiger partial charge is 0.349 e. The van der Waals surface area contributed by atoms with Crippen LogP contribution in [0.3, 0.4) is 0 Å². The third kappa shape index (κ3) is 5.00. The summed E-state index contributed by atoms with van der Waals surface area (Å²) in [5, 5.41) is 3.12. The normalized spacial score (nSPS) is 15.3. The lowest BCUT2D eigenvalue weighted by Crippen LogP contribution is -2.43. The van der Waals surface area contributed by atoms with E-state index in [1.54, 1.807) is 12.3 Å². The smallest absolute Gasteiger partial charge is 0.253 e. The highest BCUT2D eigenvalue weighted by molar-refractivity contribution is 5.95. The van der Waals surface area contributed by atoms with Gasteiger partial charge in [-0.3, -0.25) is 14.6 Å². The third-order valence-corrected chi connectivity index (χ3v) is 5.89. The maximum Gasteiger partial charge on any atom is 0.253 e. The Morgan fingerprint density at radius 3 is 2.29 bits per heavy atom. The van der Waals surface area contributed by atoms with Crippen LogP contribution in [0.25, 0.3) is 11.3 Å². The van der Waals surface area contributed by atoms with Crippen LogP contribution in [0.1, 0.15) is 41.7 Å². The molecule has 2 aromatic carbocycles. The molecule has 1 aliphatic rings. The highest BCUT2D eigenvalue weighted by Gasteiger charge is 2.28. The lowest BCUT2D eigenvalue weighted by Gasteiger charge is -2.32. The first kappa shape index (κ1) is 20.8. The molecule has 5 nitrogen and oxygen atoms in total. The monoisotopic (exact) mass is 413 g/mol. The van der Waals surface area contributed by atoms with Crippen molar-refractivity contribution >= 4 is 11.8 Å². The second-order valence-corrected chi connectivity index (χ2v) is 8.00. The van der Waals surface area contributed by atoms with Crippen LogP contribution in [0.2, 0.25) is 0 Å². The van der Waals surface area contributed by atoms with E-state index >= 15 is 0 Å². The second-order valence-electron chi connectivity index (χ2n) is 8.00. The zero-order chi connectivity index (χ0) is 21.6. The minimum Gasteiger partial charge on any atom is -0.349 e. The van der Waals surface area contributed by atoms with Crippen LogP contribution >= 0.6 is 0 Å².